The quantitative estimate of drug-likeness (QED) is 0.0381. The zero-order valence-electron chi connectivity index (χ0n) is 20.4. The van der Waals surface area contributed by atoms with E-state index >= 15 is 0 Å². The average Bonchev–Trinajstić information content (AvgIpc) is 2.88. The summed E-state index contributed by atoms with van der Waals surface area (Å²) in [5.41, 5.74) is 0. The van der Waals surface area contributed by atoms with Crippen molar-refractivity contribution in [1.82, 2.24) is 0 Å². The lowest BCUT2D eigenvalue weighted by atomic mass is 10.8. The Morgan fingerprint density at radius 1 is 0.649 bits per heavy atom. The molecule has 0 amide bonds. The Kier molecular flexibility index (Phi) is 34.8. The summed E-state index contributed by atoms with van der Waals surface area (Å²) in [7, 11) is -0.817. The summed E-state index contributed by atoms with van der Waals surface area (Å²) in [6.45, 7) is 0.484. The maximum absolute atomic E-state index is 12.1. The van der Waals surface area contributed by atoms with Gasteiger partial charge in [0.2, 0.25) is 0 Å². The molecule has 1 atom stereocenters. The monoisotopic (exact) mass is 712 g/mol. The molecule has 0 aromatic heterocycles. The maximum Gasteiger partial charge on any atom is 0.316 e. The molecule has 18 heteroatoms. The molecular weight excluding hydrogens is 677 g/mol. The van der Waals surface area contributed by atoms with Crippen molar-refractivity contribution in [3.63, 3.8) is 0 Å². The highest BCUT2D eigenvalue weighted by molar-refractivity contribution is 8.20. The van der Waals surface area contributed by atoms with Crippen molar-refractivity contribution >= 4 is 128 Å². The topological polar surface area (TPSA) is 119 Å². The predicted molar refractivity (Wildman–Crippen MR) is 177 cm³/mol. The second-order valence-corrected chi connectivity index (χ2v) is 18.3. The van der Waals surface area contributed by atoms with Gasteiger partial charge in [-0.3, -0.25) is 13.8 Å². The van der Waals surface area contributed by atoms with Crippen LogP contribution < -0.4 is 0 Å². The van der Waals surface area contributed by atoms with Gasteiger partial charge in [0.15, 0.2) is 5.12 Å². The SMILES string of the molecule is O=C(CSCSCCS(=O)CCSCSCCSC(=O)CSCSCCOOCSCO)OCSCO. The van der Waals surface area contributed by atoms with Crippen molar-refractivity contribution in [3.8, 4) is 0 Å². The first kappa shape index (κ1) is 39.3. The average molecular weight is 713 g/mol. The van der Waals surface area contributed by atoms with Crippen LogP contribution in [0.4, 0.5) is 0 Å². The lowest BCUT2D eigenvalue weighted by Crippen LogP contribution is -2.08. The maximum atomic E-state index is 12.1. The van der Waals surface area contributed by atoms with E-state index in [1.54, 1.807) is 47.0 Å². The molecule has 0 aliphatic rings. The molecule has 0 bridgehead atoms. The molecule has 1 unspecified atom stereocenters. The molecule has 0 radical (unpaired) electrons. The number of carbonyl (C=O) groups excluding carboxylic acids is 2. The highest BCUT2D eigenvalue weighted by Crippen LogP contribution is 2.18. The van der Waals surface area contributed by atoms with Gasteiger partial charge in [-0.2, -0.15) is 35.3 Å². The number of esters is 1. The molecule has 8 nitrogen and oxygen atoms in total. The van der Waals surface area contributed by atoms with E-state index < -0.39 is 10.8 Å². The Balaban J connectivity index is 3.31. The Labute approximate surface area is 261 Å². The fourth-order valence-electron chi connectivity index (χ4n) is 1.77. The van der Waals surface area contributed by atoms with E-state index in [-0.39, 0.29) is 28.9 Å². The minimum atomic E-state index is -0.817. The van der Waals surface area contributed by atoms with Gasteiger partial charge in [-0.1, -0.05) is 23.5 Å². The van der Waals surface area contributed by atoms with E-state index in [1.807, 2.05) is 11.8 Å². The molecule has 0 fully saturated rings. The fraction of sp³-hybridized carbons (Fsp3) is 0.895. The zero-order valence-corrected chi connectivity index (χ0v) is 28.6. The van der Waals surface area contributed by atoms with Gasteiger partial charge < -0.3 is 14.9 Å². The molecule has 2 N–H and O–H groups in total. The molecule has 0 saturated carbocycles. The molecule has 0 aromatic rings. The van der Waals surface area contributed by atoms with Gasteiger partial charge in [0, 0.05) is 66.3 Å². The van der Waals surface area contributed by atoms with Gasteiger partial charge in [0.25, 0.3) is 0 Å². The molecule has 0 heterocycles. The summed E-state index contributed by atoms with van der Waals surface area (Å²) < 4.78 is 17.0. The van der Waals surface area contributed by atoms with Gasteiger partial charge in [0.05, 0.1) is 30.0 Å². The Hall–Kier alpha value is 2.28. The van der Waals surface area contributed by atoms with Crippen molar-refractivity contribution in [2.45, 2.75) is 0 Å². The smallest absolute Gasteiger partial charge is 0.316 e. The number of ether oxygens (including phenoxy) is 1. The van der Waals surface area contributed by atoms with E-state index in [0.29, 0.717) is 35.6 Å². The predicted octanol–water partition coefficient (Wildman–Crippen LogP) is 4.04. The number of thioether (sulfide) groups is 9. The lowest BCUT2D eigenvalue weighted by Gasteiger charge is -2.05. The second kappa shape index (κ2) is 32.8. The molecule has 0 aliphatic carbocycles. The first-order valence-corrected chi connectivity index (χ1v) is 22.6. The van der Waals surface area contributed by atoms with Crippen molar-refractivity contribution in [1.29, 1.82) is 0 Å². The largest absolute Gasteiger partial charge is 0.454 e. The van der Waals surface area contributed by atoms with E-state index in [1.165, 1.54) is 35.3 Å². The van der Waals surface area contributed by atoms with E-state index in [2.05, 4.69) is 0 Å². The van der Waals surface area contributed by atoms with Crippen molar-refractivity contribution in [3.05, 3.63) is 0 Å². The standard InChI is InChI=1S/C19H36O8S10/c20-11-34-13-25-18(22)9-32-17-31-6-8-37(24)7-5-30-15-29-3-4-36-19(23)10-33-16-28-2-1-26-27-14-35-12-21/h20-21H,1-17H2. The summed E-state index contributed by atoms with van der Waals surface area (Å²) in [6.07, 6.45) is 0. The van der Waals surface area contributed by atoms with Crippen LogP contribution in [0.2, 0.25) is 0 Å². The molecule has 220 valence electrons. The van der Waals surface area contributed by atoms with Crippen LogP contribution in [-0.2, 0) is 34.9 Å². The summed E-state index contributed by atoms with van der Waals surface area (Å²) >= 11 is 13.8. The second-order valence-electron chi connectivity index (χ2n) is 6.11. The van der Waals surface area contributed by atoms with Crippen LogP contribution in [0.5, 0.6) is 0 Å². The molecular formula is C19H36O8S10. The summed E-state index contributed by atoms with van der Waals surface area (Å²) in [6, 6.07) is 0. The van der Waals surface area contributed by atoms with Crippen LogP contribution in [0.15, 0.2) is 0 Å². The molecule has 0 aromatic carbocycles. The number of hydrogen-bond donors (Lipinski definition) is 2. The third kappa shape index (κ3) is 32.7. The van der Waals surface area contributed by atoms with Crippen LogP contribution in [0.25, 0.3) is 0 Å². The molecule has 0 saturated heterocycles. The minimum Gasteiger partial charge on any atom is -0.454 e. The Morgan fingerprint density at radius 2 is 1.24 bits per heavy atom. The Bertz CT molecular complexity index is 565. The van der Waals surface area contributed by atoms with Crippen LogP contribution in [-0.4, -0.2) is 123 Å². The number of rotatable bonds is 29. The van der Waals surface area contributed by atoms with Crippen molar-refractivity contribution < 1.29 is 38.5 Å². The number of aliphatic hydroxyl groups excluding tert-OH is 2. The summed E-state index contributed by atoms with van der Waals surface area (Å²) in [5, 5.41) is 19.9. The van der Waals surface area contributed by atoms with E-state index in [9.17, 15) is 13.8 Å². The summed E-state index contributed by atoms with van der Waals surface area (Å²) in [5.74, 6) is 6.56. The van der Waals surface area contributed by atoms with E-state index in [0.717, 1.165) is 55.8 Å². The molecule has 0 spiro atoms. The van der Waals surface area contributed by atoms with E-state index in [4.69, 9.17) is 24.7 Å². The zero-order chi connectivity index (χ0) is 27.2. The minimum absolute atomic E-state index is 0.0147. The molecule has 0 rings (SSSR count). The van der Waals surface area contributed by atoms with Crippen LogP contribution in [0.3, 0.4) is 0 Å². The van der Waals surface area contributed by atoms with Gasteiger partial charge in [-0.25, -0.2) is 9.78 Å². The first-order chi connectivity index (χ1) is 18.1. The van der Waals surface area contributed by atoms with Gasteiger partial charge in [0.1, 0.15) is 11.9 Å². The third-order valence-electron chi connectivity index (χ3n) is 3.35. The first-order valence-electron chi connectivity index (χ1n) is 10.8. The lowest BCUT2D eigenvalue weighted by molar-refractivity contribution is -0.274. The van der Waals surface area contributed by atoms with Gasteiger partial charge >= 0.3 is 5.97 Å². The fourth-order valence-corrected chi connectivity index (χ4v) is 11.1. The van der Waals surface area contributed by atoms with Crippen LogP contribution in [0, 0.1) is 0 Å². The normalized spacial score (nSPS) is 12.1. The number of hydrogen-bond acceptors (Lipinski definition) is 17. The van der Waals surface area contributed by atoms with Crippen molar-refractivity contribution in [2.75, 3.05) is 97.4 Å². The van der Waals surface area contributed by atoms with Gasteiger partial charge in [-0.15, -0.1) is 47.0 Å². The van der Waals surface area contributed by atoms with Crippen LogP contribution >= 0.6 is 106 Å². The Morgan fingerprint density at radius 3 is 1.95 bits per heavy atom. The highest BCUT2D eigenvalue weighted by atomic mass is 32.2. The highest BCUT2D eigenvalue weighted by Gasteiger charge is 2.05. The molecule has 37 heavy (non-hydrogen) atoms. The third-order valence-corrected chi connectivity index (χ3v) is 14.3. The summed E-state index contributed by atoms with van der Waals surface area (Å²) in [4.78, 5) is 33.1. The van der Waals surface area contributed by atoms with Crippen LogP contribution in [0.1, 0.15) is 0 Å². The van der Waals surface area contributed by atoms with Gasteiger partial charge in [-0.05, 0) is 0 Å². The number of aliphatic hydroxyl groups is 2. The number of carbonyl (C=O) groups is 2. The molecule has 0 aliphatic heterocycles. The van der Waals surface area contributed by atoms with Crippen molar-refractivity contribution in [2.24, 2.45) is 0 Å².